The van der Waals surface area contributed by atoms with Crippen LogP contribution in [0.15, 0.2) is 0 Å². The van der Waals surface area contributed by atoms with Crippen LogP contribution in [0.3, 0.4) is 0 Å². The molecule has 1 aliphatic rings. The molecule has 106 heavy (non-hydrogen) atoms. The number of aliphatic carboxylic acids is 15. The van der Waals surface area contributed by atoms with Gasteiger partial charge in [-0.2, -0.15) is 0 Å². The summed E-state index contributed by atoms with van der Waals surface area (Å²) in [7, 11) is 0. The second-order valence-corrected chi connectivity index (χ2v) is 27.6. The zero-order valence-electron chi connectivity index (χ0n) is 68.4. The number of nitrogens with two attached hydrogens (primary N) is 3. The van der Waals surface area contributed by atoms with Crippen molar-refractivity contribution in [3.63, 3.8) is 0 Å². The average molecular weight is 1550 g/mol. The van der Waals surface area contributed by atoms with Crippen molar-refractivity contribution in [2.75, 3.05) is 13.2 Å². The summed E-state index contributed by atoms with van der Waals surface area (Å²) in [4.78, 5) is 148. The second kappa shape index (κ2) is 77.9. The van der Waals surface area contributed by atoms with Crippen LogP contribution < -0.4 is 22.5 Å². The van der Waals surface area contributed by atoms with Gasteiger partial charge in [0.05, 0.1) is 47.5 Å². The molecule has 7 atom stereocenters. The number of hydrogen-bond donors (Lipinski definition) is 20. The number of carboxylic acids is 15. The van der Waals surface area contributed by atoms with E-state index in [0.29, 0.717) is 38.0 Å². The van der Waals surface area contributed by atoms with E-state index in [9.17, 15) is 71.9 Å². The number of aliphatic hydroxyl groups is 1. The topological polar surface area (TPSA) is 670 Å². The molecule has 1 aliphatic heterocycles. The molecule has 7 unspecified atom stereocenters. The largest absolute Gasteiger partial charge is 0.481 e. The first-order chi connectivity index (χ1) is 47.4. The third kappa shape index (κ3) is 126. The summed E-state index contributed by atoms with van der Waals surface area (Å²) in [5.41, 5.74) is 12.8. The van der Waals surface area contributed by atoms with E-state index in [1.165, 1.54) is 13.8 Å². The predicted molar refractivity (Wildman–Crippen MR) is 401 cm³/mol. The third-order valence-corrected chi connectivity index (χ3v) is 12.4. The van der Waals surface area contributed by atoms with Gasteiger partial charge in [0.25, 0.3) is 0 Å². The molecule has 23 N–H and O–H groups in total. The highest BCUT2D eigenvalue weighted by Crippen LogP contribution is 2.20. The van der Waals surface area contributed by atoms with Gasteiger partial charge in [-0.25, -0.2) is 0 Å². The molecule has 35 heteroatoms. The van der Waals surface area contributed by atoms with Crippen LogP contribution in [0.25, 0.3) is 0 Å². The van der Waals surface area contributed by atoms with Gasteiger partial charge < -0.3 is 104 Å². The smallest absolute Gasteiger partial charge is 0.323 e. The number of nitrogens with one attached hydrogen (secondary N) is 1. The number of rotatable bonds is 24. The Balaban J connectivity index is -0.0000000715. The Kier molecular flexibility index (Phi) is 96.0. The fraction of sp³-hybridized carbons (Fsp3) is 0.789. The highest BCUT2D eigenvalue weighted by atomic mass is 16.4. The van der Waals surface area contributed by atoms with E-state index in [4.69, 9.17) is 98.9 Å². The van der Waals surface area contributed by atoms with E-state index in [2.05, 4.69) is 5.32 Å². The Morgan fingerprint density at radius 1 is 0.453 bits per heavy atom. The molecule has 0 spiro atoms. The molecule has 0 aromatic carbocycles. The Hall–Kier alpha value is -8.15. The van der Waals surface area contributed by atoms with Gasteiger partial charge in [-0.05, 0) is 109 Å². The number of carbonyl (C=O) groups is 15. The number of hydrogen-bond acceptors (Lipinski definition) is 20. The third-order valence-electron chi connectivity index (χ3n) is 12.4. The molecule has 0 radical (unpaired) electrons. The number of unbranched alkanes of at least 4 members (excludes halogenated alkanes) is 1. The van der Waals surface area contributed by atoms with Crippen molar-refractivity contribution >= 4 is 89.5 Å². The molecular formula is C71H144N4O31. The molecule has 0 aromatic heterocycles. The number of carboxylic acid groups (broad SMARTS) is 15. The molecule has 0 aliphatic carbocycles. The van der Waals surface area contributed by atoms with Crippen LogP contribution in [-0.2, 0) is 71.9 Å². The lowest BCUT2D eigenvalue weighted by Gasteiger charge is -2.18. The molecular weight excluding hydrogens is 1400 g/mol. The first kappa shape index (κ1) is 131. The molecule has 0 aromatic rings. The maximum absolute atomic E-state index is 10.3. The van der Waals surface area contributed by atoms with Crippen LogP contribution in [-0.4, -0.2) is 208 Å². The summed E-state index contributed by atoms with van der Waals surface area (Å²) >= 11 is 0. The standard InChI is InChI=1S/C6H11NO2.C6H12O3.C6H12O2.2C5H11NO2.4C5H10O2.C4H9NO2.4C4H8O2.C3H6O2/c1-4-2-3-7-5(4)6(8)9;1-3-6(2,4-7)5(8)9;1-6(2,3)4-5(7)8;1-3-5(2,6)4(7)8;1-3(2)4(6)5(7)8;1-5(2,3)4(6)7;1-4(2)3-5(6)7;1-3-4(2)5(6)7;1-2-3-4-5(6)7;1-2-3(5)4(6)7;3*1-3(2)4(5)6;1-2-3-4(5)6;1-2-3(4)5/h4-5,7H,2-3H2,1H3,(H,8,9);7H,3-4H2,1-2H3,(H,8,9);4H2,1-3H3,(H,7,8);3,6H2,1-2H3,(H,7,8);3-4H,6H2,1-2H3,(H,7,8);1-3H3,(H,6,7);2*4H,3H2,1-2H3,(H,6,7);2-4H2,1H3,(H,6,7);3H,2,5H2,1H3,(H,6,7);3*3H,1-2H3,(H,5,6);2-3H2,1H3,(H,5,6);2H2,1H3,(H,4,5). The maximum atomic E-state index is 10.3. The van der Waals surface area contributed by atoms with Crippen molar-refractivity contribution < 1.29 is 154 Å². The first-order valence-corrected chi connectivity index (χ1v) is 34.5. The van der Waals surface area contributed by atoms with Crippen molar-refractivity contribution in [3.8, 4) is 0 Å². The summed E-state index contributed by atoms with van der Waals surface area (Å²) < 4.78 is 0. The molecule has 35 nitrogen and oxygen atoms in total. The predicted octanol–water partition coefficient (Wildman–Crippen LogP) is 10.3. The fourth-order valence-corrected chi connectivity index (χ4v) is 3.63. The maximum Gasteiger partial charge on any atom is 0.323 e. The molecule has 1 rings (SSSR count). The van der Waals surface area contributed by atoms with Crippen LogP contribution in [0, 0.1) is 57.7 Å². The van der Waals surface area contributed by atoms with Crippen molar-refractivity contribution in [2.24, 2.45) is 74.9 Å². The highest BCUT2D eigenvalue weighted by Gasteiger charge is 2.30. The normalized spacial score (nSPS) is 13.7. The molecule has 0 saturated carbocycles. The van der Waals surface area contributed by atoms with Crippen LogP contribution in [0.1, 0.15) is 270 Å². The van der Waals surface area contributed by atoms with E-state index in [0.717, 1.165) is 38.6 Å². The van der Waals surface area contributed by atoms with Crippen molar-refractivity contribution in [1.82, 2.24) is 5.32 Å². The Labute approximate surface area is 628 Å². The number of aliphatic hydroxyl groups excluding tert-OH is 1. The van der Waals surface area contributed by atoms with Crippen molar-refractivity contribution in [1.29, 1.82) is 0 Å². The minimum atomic E-state index is -1.04. The lowest BCUT2D eigenvalue weighted by Crippen LogP contribution is -2.43. The lowest BCUT2D eigenvalue weighted by molar-refractivity contribution is -0.151. The van der Waals surface area contributed by atoms with Crippen LogP contribution in [0.4, 0.5) is 0 Å². The second-order valence-electron chi connectivity index (χ2n) is 27.6. The Morgan fingerprint density at radius 2 is 0.802 bits per heavy atom. The monoisotopic (exact) mass is 1550 g/mol. The van der Waals surface area contributed by atoms with E-state index < -0.39 is 118 Å². The van der Waals surface area contributed by atoms with E-state index in [-0.39, 0.29) is 72.8 Å². The van der Waals surface area contributed by atoms with Gasteiger partial charge in [0.1, 0.15) is 23.7 Å². The summed E-state index contributed by atoms with van der Waals surface area (Å²) in [5, 5.41) is 133. The Morgan fingerprint density at radius 3 is 0.830 bits per heavy atom. The Bertz CT molecular complexity index is 2300. The zero-order chi connectivity index (χ0) is 88.7. The molecule has 0 bridgehead atoms. The fourth-order valence-electron chi connectivity index (χ4n) is 3.63. The minimum Gasteiger partial charge on any atom is -0.481 e. The van der Waals surface area contributed by atoms with E-state index in [1.54, 1.807) is 111 Å². The van der Waals surface area contributed by atoms with E-state index >= 15 is 0 Å². The molecule has 1 heterocycles. The van der Waals surface area contributed by atoms with Gasteiger partial charge in [-0.1, -0.05) is 159 Å². The lowest BCUT2D eigenvalue weighted by atomic mass is 9.89. The SMILES string of the molecule is CC(C)(C)C(=O)O.CC(C)(C)CC(=O)O.CC(C)C(=O)O.CC(C)C(=O)O.CC(C)C(=O)O.CC(C)C(N)C(=O)O.CC(C)CC(=O)O.CC1CCNC1C(=O)O.CCC(=O)O.CCC(C)(CO)C(=O)O.CCC(C)(N)C(=O)O.CCC(C)C(=O)O.CCC(N)C(=O)O.CCCC(=O)O.CCCCC(=O)O. The van der Waals surface area contributed by atoms with Gasteiger partial charge >= 0.3 is 89.5 Å². The van der Waals surface area contributed by atoms with E-state index in [1.807, 2.05) is 62.3 Å². The summed E-state index contributed by atoms with van der Waals surface area (Å²) in [6, 6.07) is -1.69. The van der Waals surface area contributed by atoms with Crippen LogP contribution in [0.5, 0.6) is 0 Å². The summed E-state index contributed by atoms with van der Waals surface area (Å²) in [6.07, 6.45) is 6.96. The molecule has 0 amide bonds. The minimum absolute atomic E-state index is 0.0208. The van der Waals surface area contributed by atoms with Gasteiger partial charge in [0, 0.05) is 25.7 Å². The highest BCUT2D eigenvalue weighted by molar-refractivity contribution is 5.78. The van der Waals surface area contributed by atoms with Gasteiger partial charge in [0.15, 0.2) is 0 Å². The van der Waals surface area contributed by atoms with Crippen LogP contribution >= 0.6 is 0 Å². The first-order valence-electron chi connectivity index (χ1n) is 34.5. The average Bonchev–Trinajstić information content (AvgIpc) is 1.56. The quantitative estimate of drug-likeness (QED) is 0.0427. The van der Waals surface area contributed by atoms with Gasteiger partial charge in [0.2, 0.25) is 0 Å². The summed E-state index contributed by atoms with van der Waals surface area (Å²) in [6.45, 7) is 47.6. The van der Waals surface area contributed by atoms with Gasteiger partial charge in [-0.15, -0.1) is 0 Å². The molecule has 634 valence electrons. The van der Waals surface area contributed by atoms with Crippen molar-refractivity contribution in [3.05, 3.63) is 0 Å². The van der Waals surface area contributed by atoms with Crippen LogP contribution in [0.2, 0.25) is 0 Å². The molecule has 1 saturated heterocycles. The summed E-state index contributed by atoms with van der Waals surface area (Å²) in [5.74, 6) is -12.0. The molecule has 1 fully saturated rings. The van der Waals surface area contributed by atoms with Crippen molar-refractivity contribution in [2.45, 2.75) is 294 Å². The van der Waals surface area contributed by atoms with Gasteiger partial charge in [-0.3, -0.25) is 71.9 Å². The zero-order valence-corrected chi connectivity index (χ0v) is 68.4.